The highest BCUT2D eigenvalue weighted by Gasteiger charge is 2.31. The highest BCUT2D eigenvalue weighted by molar-refractivity contribution is 5.86. The van der Waals surface area contributed by atoms with E-state index in [1.807, 2.05) is 19.1 Å². The van der Waals surface area contributed by atoms with Crippen molar-refractivity contribution >= 4 is 11.9 Å². The van der Waals surface area contributed by atoms with E-state index in [2.05, 4.69) is 11.4 Å². The Morgan fingerprint density at radius 2 is 2.14 bits per heavy atom. The summed E-state index contributed by atoms with van der Waals surface area (Å²) >= 11 is 0. The molecule has 120 valence electrons. The minimum atomic E-state index is -1.16. The van der Waals surface area contributed by atoms with Gasteiger partial charge in [0.05, 0.1) is 6.61 Å². The highest BCUT2D eigenvalue weighted by Crippen LogP contribution is 2.26. The van der Waals surface area contributed by atoms with E-state index >= 15 is 0 Å². The summed E-state index contributed by atoms with van der Waals surface area (Å²) in [4.78, 5) is 23.2. The van der Waals surface area contributed by atoms with Crippen LogP contribution in [-0.4, -0.2) is 30.1 Å². The zero-order chi connectivity index (χ0) is 16.3. The number of hydrogen-bond acceptors (Lipinski definition) is 4. The Labute approximate surface area is 131 Å². The van der Waals surface area contributed by atoms with Crippen LogP contribution in [0, 0.1) is 0 Å². The summed E-state index contributed by atoms with van der Waals surface area (Å²) in [5.74, 6) is 0.197. The van der Waals surface area contributed by atoms with Gasteiger partial charge in [-0.05, 0) is 44.4 Å². The number of nitrogens with one attached hydrogen (secondary N) is 1. The molecule has 0 saturated carbocycles. The molecule has 5 nitrogen and oxygen atoms in total. The fourth-order valence-electron chi connectivity index (χ4n) is 2.57. The van der Waals surface area contributed by atoms with Gasteiger partial charge in [-0.3, -0.25) is 9.59 Å². The number of benzene rings is 1. The smallest absolute Gasteiger partial charge is 0.303 e. The van der Waals surface area contributed by atoms with Gasteiger partial charge < -0.3 is 14.8 Å². The molecule has 1 aliphatic heterocycles. The van der Waals surface area contributed by atoms with Gasteiger partial charge >= 0.3 is 5.97 Å². The van der Waals surface area contributed by atoms with Gasteiger partial charge in [0.25, 0.3) is 5.91 Å². The Kier molecular flexibility index (Phi) is 4.74. The maximum Gasteiger partial charge on any atom is 0.303 e. The summed E-state index contributed by atoms with van der Waals surface area (Å²) in [7, 11) is 0. The number of ether oxygens (including phenoxy) is 2. The Balaban J connectivity index is 1.93. The molecule has 1 amide bonds. The fraction of sp³-hybridized carbons (Fsp3) is 0.529. The van der Waals surface area contributed by atoms with Crippen LogP contribution in [-0.2, 0) is 27.2 Å². The number of amides is 1. The van der Waals surface area contributed by atoms with E-state index in [9.17, 15) is 9.59 Å². The number of esters is 1. The van der Waals surface area contributed by atoms with Gasteiger partial charge in [0, 0.05) is 19.4 Å². The number of carbonyl (C=O) groups is 2. The lowest BCUT2D eigenvalue weighted by Gasteiger charge is -2.25. The molecule has 1 heterocycles. The minimum Gasteiger partial charge on any atom is -0.493 e. The molecule has 5 heteroatoms. The first-order chi connectivity index (χ1) is 10.3. The summed E-state index contributed by atoms with van der Waals surface area (Å²) in [6.07, 6.45) is 1.65. The summed E-state index contributed by atoms with van der Waals surface area (Å²) in [5, 5.41) is 2.89. The van der Waals surface area contributed by atoms with E-state index in [0.29, 0.717) is 0 Å². The second kappa shape index (κ2) is 6.38. The molecule has 1 aliphatic rings. The van der Waals surface area contributed by atoms with Crippen LogP contribution in [0.5, 0.6) is 5.75 Å². The third-order valence-electron chi connectivity index (χ3n) is 3.62. The lowest BCUT2D eigenvalue weighted by molar-refractivity contribution is -0.163. The van der Waals surface area contributed by atoms with Crippen molar-refractivity contribution in [1.29, 1.82) is 0 Å². The van der Waals surface area contributed by atoms with Gasteiger partial charge in [-0.1, -0.05) is 12.1 Å². The quantitative estimate of drug-likeness (QED) is 0.845. The standard InChI is InChI=1S/C17H23NO4/c1-11(18-16(20)17(3,4)22-12(2)19)9-13-5-6-15-14(10-13)7-8-21-15/h5-6,10-11H,7-9H2,1-4H3,(H,18,20)/t11-/m1/s1. The third kappa shape index (κ3) is 4.00. The van der Waals surface area contributed by atoms with Crippen LogP contribution in [0.15, 0.2) is 18.2 Å². The van der Waals surface area contributed by atoms with E-state index in [1.54, 1.807) is 13.8 Å². The number of rotatable bonds is 5. The summed E-state index contributed by atoms with van der Waals surface area (Å²) in [6.45, 7) is 7.14. The highest BCUT2D eigenvalue weighted by atomic mass is 16.6. The molecular weight excluding hydrogens is 282 g/mol. The number of fused-ring (bicyclic) bond motifs is 1. The Morgan fingerprint density at radius 1 is 1.41 bits per heavy atom. The summed E-state index contributed by atoms with van der Waals surface area (Å²) in [6, 6.07) is 6.07. The number of hydrogen-bond donors (Lipinski definition) is 1. The van der Waals surface area contributed by atoms with Crippen molar-refractivity contribution in [3.63, 3.8) is 0 Å². The normalized spacial score (nSPS) is 14.7. The van der Waals surface area contributed by atoms with Crippen LogP contribution >= 0.6 is 0 Å². The summed E-state index contributed by atoms with van der Waals surface area (Å²) < 4.78 is 10.5. The van der Waals surface area contributed by atoms with E-state index in [0.717, 1.165) is 30.8 Å². The molecule has 0 fully saturated rings. The van der Waals surface area contributed by atoms with Crippen molar-refractivity contribution in [2.24, 2.45) is 0 Å². The van der Waals surface area contributed by atoms with Crippen molar-refractivity contribution in [1.82, 2.24) is 5.32 Å². The van der Waals surface area contributed by atoms with E-state index in [1.165, 1.54) is 12.5 Å². The predicted molar refractivity (Wildman–Crippen MR) is 82.8 cm³/mol. The average Bonchev–Trinajstić information content (AvgIpc) is 2.84. The molecule has 0 bridgehead atoms. The SMILES string of the molecule is CC(=O)OC(C)(C)C(=O)N[C@H](C)Cc1ccc2c(c1)CCO2. The molecule has 1 aromatic rings. The van der Waals surface area contributed by atoms with Gasteiger partial charge in [-0.15, -0.1) is 0 Å². The fourth-order valence-corrected chi connectivity index (χ4v) is 2.57. The molecule has 0 spiro atoms. The summed E-state index contributed by atoms with van der Waals surface area (Å²) in [5.41, 5.74) is 1.21. The zero-order valence-corrected chi connectivity index (χ0v) is 13.6. The van der Waals surface area contributed by atoms with Crippen LogP contribution in [0.1, 0.15) is 38.8 Å². The Bertz CT molecular complexity index is 580. The van der Waals surface area contributed by atoms with Crippen LogP contribution in [0.4, 0.5) is 0 Å². The van der Waals surface area contributed by atoms with Gasteiger partial charge in [0.2, 0.25) is 0 Å². The lowest BCUT2D eigenvalue weighted by Crippen LogP contribution is -2.48. The van der Waals surface area contributed by atoms with E-state index in [-0.39, 0.29) is 11.9 Å². The largest absolute Gasteiger partial charge is 0.493 e. The molecule has 1 N–H and O–H groups in total. The molecule has 0 aliphatic carbocycles. The van der Waals surface area contributed by atoms with Crippen LogP contribution < -0.4 is 10.1 Å². The van der Waals surface area contributed by atoms with Crippen molar-refractivity contribution in [3.8, 4) is 5.75 Å². The van der Waals surface area contributed by atoms with Gasteiger partial charge in [-0.2, -0.15) is 0 Å². The van der Waals surface area contributed by atoms with E-state index < -0.39 is 11.6 Å². The van der Waals surface area contributed by atoms with Gasteiger partial charge in [-0.25, -0.2) is 0 Å². The lowest BCUT2D eigenvalue weighted by atomic mass is 10.0. The maximum atomic E-state index is 12.2. The van der Waals surface area contributed by atoms with E-state index in [4.69, 9.17) is 9.47 Å². The molecule has 0 saturated heterocycles. The van der Waals surface area contributed by atoms with Crippen molar-refractivity contribution in [2.45, 2.75) is 52.2 Å². The first-order valence-electron chi connectivity index (χ1n) is 7.53. The topological polar surface area (TPSA) is 64.6 Å². The molecular formula is C17H23NO4. The third-order valence-corrected chi connectivity index (χ3v) is 3.62. The molecule has 22 heavy (non-hydrogen) atoms. The first kappa shape index (κ1) is 16.3. The second-order valence-electron chi connectivity index (χ2n) is 6.22. The Morgan fingerprint density at radius 3 is 2.82 bits per heavy atom. The minimum absolute atomic E-state index is 0.0531. The zero-order valence-electron chi connectivity index (χ0n) is 13.6. The van der Waals surface area contributed by atoms with Crippen molar-refractivity contribution < 1.29 is 19.1 Å². The van der Waals surface area contributed by atoms with Crippen LogP contribution in [0.2, 0.25) is 0 Å². The van der Waals surface area contributed by atoms with Crippen molar-refractivity contribution in [3.05, 3.63) is 29.3 Å². The molecule has 0 unspecified atom stereocenters. The predicted octanol–water partition coefficient (Wildman–Crippen LogP) is 2.01. The van der Waals surface area contributed by atoms with Gasteiger partial charge in [0.15, 0.2) is 5.60 Å². The monoisotopic (exact) mass is 305 g/mol. The second-order valence-corrected chi connectivity index (χ2v) is 6.22. The first-order valence-corrected chi connectivity index (χ1v) is 7.53. The van der Waals surface area contributed by atoms with Crippen molar-refractivity contribution in [2.75, 3.05) is 6.61 Å². The molecule has 0 aromatic heterocycles. The molecule has 0 radical (unpaired) electrons. The Hall–Kier alpha value is -2.04. The maximum absolute atomic E-state index is 12.2. The molecule has 1 aromatic carbocycles. The average molecular weight is 305 g/mol. The van der Waals surface area contributed by atoms with Crippen LogP contribution in [0.25, 0.3) is 0 Å². The molecule has 1 atom stereocenters. The number of carbonyl (C=O) groups excluding carboxylic acids is 2. The van der Waals surface area contributed by atoms with Gasteiger partial charge in [0.1, 0.15) is 5.75 Å². The van der Waals surface area contributed by atoms with Crippen LogP contribution in [0.3, 0.4) is 0 Å². The molecule has 2 rings (SSSR count).